The Bertz CT molecular complexity index is 1090. The van der Waals surface area contributed by atoms with Crippen LogP contribution in [0.15, 0.2) is 30.3 Å². The van der Waals surface area contributed by atoms with Gasteiger partial charge in [-0.2, -0.15) is 5.10 Å². The van der Waals surface area contributed by atoms with Gasteiger partial charge in [0, 0.05) is 12.1 Å². The molecule has 0 spiro atoms. The van der Waals surface area contributed by atoms with Crippen molar-refractivity contribution in [3.8, 4) is 0 Å². The summed E-state index contributed by atoms with van der Waals surface area (Å²) in [4.78, 5) is 12.8. The van der Waals surface area contributed by atoms with Crippen molar-refractivity contribution in [2.45, 2.75) is 77.3 Å². The molecule has 34 heavy (non-hydrogen) atoms. The number of nitrogens with one attached hydrogen (secondary N) is 2. The normalized spacial score (nSPS) is 21.6. The number of nitrogens with zero attached hydrogens (tertiary/aromatic N) is 2. The Labute approximate surface area is 203 Å². The zero-order chi connectivity index (χ0) is 24.3. The van der Waals surface area contributed by atoms with E-state index in [9.17, 15) is 13.2 Å². The molecule has 2 aromatic rings. The molecule has 2 N–H and O–H groups in total. The van der Waals surface area contributed by atoms with Crippen LogP contribution in [0.5, 0.6) is 0 Å². The Kier molecular flexibility index (Phi) is 7.77. The van der Waals surface area contributed by atoms with Crippen LogP contribution in [0.3, 0.4) is 0 Å². The average Bonchev–Trinajstić information content (AvgIpc) is 3.35. The quantitative estimate of drug-likeness (QED) is 0.572. The van der Waals surface area contributed by atoms with Crippen molar-refractivity contribution in [2.75, 3.05) is 23.4 Å². The van der Waals surface area contributed by atoms with Gasteiger partial charge in [-0.1, -0.05) is 57.4 Å². The van der Waals surface area contributed by atoms with Crippen molar-refractivity contribution >= 4 is 21.6 Å². The molecule has 186 valence electrons. The van der Waals surface area contributed by atoms with E-state index in [0.29, 0.717) is 24.1 Å². The number of sulfone groups is 1. The molecule has 1 aromatic carbocycles. The number of rotatable bonds is 8. The molecule has 0 unspecified atom stereocenters. The lowest BCUT2D eigenvalue weighted by atomic mass is 9.83. The number of anilines is 1. The fraction of sp³-hybridized carbons (Fsp3) is 0.615. The zero-order valence-electron chi connectivity index (χ0n) is 20.6. The molecule has 4 rings (SSSR count). The number of hydrogen-bond acceptors (Lipinski definition) is 5. The van der Waals surface area contributed by atoms with E-state index in [0.717, 1.165) is 5.69 Å². The molecule has 0 radical (unpaired) electrons. The van der Waals surface area contributed by atoms with Gasteiger partial charge in [-0.05, 0) is 49.1 Å². The summed E-state index contributed by atoms with van der Waals surface area (Å²) < 4.78 is 25.5. The van der Waals surface area contributed by atoms with E-state index < -0.39 is 9.84 Å². The van der Waals surface area contributed by atoms with Gasteiger partial charge < -0.3 is 10.6 Å². The van der Waals surface area contributed by atoms with E-state index in [-0.39, 0.29) is 36.0 Å². The van der Waals surface area contributed by atoms with Crippen LogP contribution in [-0.2, 0) is 14.6 Å². The number of aromatic nitrogens is 2. The van der Waals surface area contributed by atoms with Gasteiger partial charge in [0.05, 0.1) is 29.8 Å². The maximum absolute atomic E-state index is 12.8. The maximum Gasteiger partial charge on any atom is 0.239 e. The minimum Gasteiger partial charge on any atom is -0.310 e. The SMILES string of the molecule is Cc1cc(NC(=O)CN[C@H](c2ccc(C3CCCCC3)cc2)C(C)C)n([C@H]2CCS(=O)(=O)C2)n1. The molecule has 0 bridgehead atoms. The molecule has 1 aromatic heterocycles. The summed E-state index contributed by atoms with van der Waals surface area (Å²) in [5.41, 5.74) is 3.38. The van der Waals surface area contributed by atoms with E-state index in [4.69, 9.17) is 0 Å². The Morgan fingerprint density at radius 2 is 1.82 bits per heavy atom. The third-order valence-electron chi connectivity index (χ3n) is 7.20. The fourth-order valence-electron chi connectivity index (χ4n) is 5.40. The minimum absolute atomic E-state index is 0.0674. The Morgan fingerprint density at radius 3 is 2.44 bits per heavy atom. The Morgan fingerprint density at radius 1 is 1.12 bits per heavy atom. The predicted molar refractivity (Wildman–Crippen MR) is 136 cm³/mol. The summed E-state index contributed by atoms with van der Waals surface area (Å²) in [6.07, 6.45) is 7.11. The molecular formula is C26H38N4O3S. The highest BCUT2D eigenvalue weighted by atomic mass is 32.2. The van der Waals surface area contributed by atoms with E-state index in [1.807, 2.05) is 6.92 Å². The second-order valence-corrected chi connectivity index (χ2v) is 12.6. The summed E-state index contributed by atoms with van der Waals surface area (Å²) in [6, 6.07) is 10.6. The molecule has 8 heteroatoms. The lowest BCUT2D eigenvalue weighted by Crippen LogP contribution is -2.34. The van der Waals surface area contributed by atoms with Gasteiger partial charge in [-0.3, -0.25) is 4.79 Å². The summed E-state index contributed by atoms with van der Waals surface area (Å²) in [5, 5.41) is 10.8. The molecule has 7 nitrogen and oxygen atoms in total. The van der Waals surface area contributed by atoms with Crippen LogP contribution in [-0.4, -0.2) is 42.2 Å². The van der Waals surface area contributed by atoms with E-state index in [2.05, 4.69) is 53.8 Å². The summed E-state index contributed by atoms with van der Waals surface area (Å²) in [6.45, 7) is 6.33. The van der Waals surface area contributed by atoms with Crippen molar-refractivity contribution in [1.29, 1.82) is 0 Å². The molecule has 1 aliphatic carbocycles. The van der Waals surface area contributed by atoms with Gasteiger partial charge in [0.15, 0.2) is 9.84 Å². The predicted octanol–water partition coefficient (Wildman–Crippen LogP) is 4.52. The molecule has 1 aliphatic heterocycles. The molecular weight excluding hydrogens is 448 g/mol. The van der Waals surface area contributed by atoms with E-state index in [1.165, 1.54) is 43.2 Å². The monoisotopic (exact) mass is 486 g/mol. The molecule has 1 saturated carbocycles. The van der Waals surface area contributed by atoms with Crippen LogP contribution >= 0.6 is 0 Å². The number of carbonyl (C=O) groups excluding carboxylic acids is 1. The highest BCUT2D eigenvalue weighted by Crippen LogP contribution is 2.33. The Hall–Kier alpha value is -2.19. The highest BCUT2D eigenvalue weighted by molar-refractivity contribution is 7.91. The first-order valence-electron chi connectivity index (χ1n) is 12.6. The molecule has 1 amide bonds. The van der Waals surface area contributed by atoms with Gasteiger partial charge in [0.1, 0.15) is 5.82 Å². The van der Waals surface area contributed by atoms with E-state index in [1.54, 1.807) is 10.7 Å². The van der Waals surface area contributed by atoms with Crippen molar-refractivity contribution in [3.63, 3.8) is 0 Å². The van der Waals surface area contributed by atoms with Crippen LogP contribution in [0, 0.1) is 12.8 Å². The highest BCUT2D eigenvalue weighted by Gasteiger charge is 2.31. The smallest absolute Gasteiger partial charge is 0.239 e. The van der Waals surface area contributed by atoms with Gasteiger partial charge in [-0.25, -0.2) is 13.1 Å². The summed E-state index contributed by atoms with van der Waals surface area (Å²) >= 11 is 0. The summed E-state index contributed by atoms with van der Waals surface area (Å²) in [5.74, 6) is 1.64. The third kappa shape index (κ3) is 6.08. The van der Waals surface area contributed by atoms with Gasteiger partial charge in [0.25, 0.3) is 0 Å². The largest absolute Gasteiger partial charge is 0.310 e. The first kappa shape index (κ1) is 24.9. The van der Waals surface area contributed by atoms with Crippen molar-refractivity contribution in [3.05, 3.63) is 47.2 Å². The van der Waals surface area contributed by atoms with Crippen LogP contribution < -0.4 is 10.6 Å². The second kappa shape index (κ2) is 10.6. The third-order valence-corrected chi connectivity index (χ3v) is 8.95. The molecule has 2 heterocycles. The van der Waals surface area contributed by atoms with Crippen molar-refractivity contribution < 1.29 is 13.2 Å². The number of hydrogen-bond donors (Lipinski definition) is 2. The topological polar surface area (TPSA) is 93.1 Å². The lowest BCUT2D eigenvalue weighted by Gasteiger charge is -2.25. The zero-order valence-corrected chi connectivity index (χ0v) is 21.4. The van der Waals surface area contributed by atoms with Crippen molar-refractivity contribution in [1.82, 2.24) is 15.1 Å². The van der Waals surface area contributed by atoms with Gasteiger partial charge in [-0.15, -0.1) is 0 Å². The number of aryl methyl sites for hydroxylation is 1. The van der Waals surface area contributed by atoms with Gasteiger partial charge in [0.2, 0.25) is 5.91 Å². The Balaban J connectivity index is 1.37. The first-order valence-corrected chi connectivity index (χ1v) is 14.4. The standard InChI is InChI=1S/C26H38N4O3S/c1-18(2)26(22-11-9-21(10-12-22)20-7-5-4-6-8-20)27-16-25(31)28-24-15-19(3)29-30(24)23-13-14-34(32,33)17-23/h9-12,15,18,20,23,26-27H,4-8,13-14,16-17H2,1-3H3,(H,28,31)/t23-,26-/m0/s1. The van der Waals surface area contributed by atoms with Gasteiger partial charge >= 0.3 is 0 Å². The van der Waals surface area contributed by atoms with Crippen LogP contribution in [0.2, 0.25) is 0 Å². The number of carbonyl (C=O) groups is 1. The molecule has 2 atom stereocenters. The van der Waals surface area contributed by atoms with E-state index >= 15 is 0 Å². The molecule has 1 saturated heterocycles. The van der Waals surface area contributed by atoms with Crippen LogP contribution in [0.25, 0.3) is 0 Å². The lowest BCUT2D eigenvalue weighted by molar-refractivity contribution is -0.115. The number of amides is 1. The van der Waals surface area contributed by atoms with Crippen LogP contribution in [0.4, 0.5) is 5.82 Å². The average molecular weight is 487 g/mol. The van der Waals surface area contributed by atoms with Crippen molar-refractivity contribution in [2.24, 2.45) is 5.92 Å². The summed E-state index contributed by atoms with van der Waals surface area (Å²) in [7, 11) is -3.04. The first-order chi connectivity index (χ1) is 16.2. The minimum atomic E-state index is -3.04. The second-order valence-electron chi connectivity index (χ2n) is 10.3. The molecule has 2 aliphatic rings. The van der Waals surface area contributed by atoms with Crippen LogP contribution in [0.1, 0.15) is 87.2 Å². The molecule has 2 fully saturated rings. The maximum atomic E-state index is 12.8. The number of benzene rings is 1. The fourth-order valence-corrected chi connectivity index (χ4v) is 7.09.